The lowest BCUT2D eigenvalue weighted by molar-refractivity contribution is -0.161. The molecular formula is C19H38O2. The number of esters is 1. The van der Waals surface area contributed by atoms with E-state index in [0.29, 0.717) is 12.5 Å². The number of carbonyl (C=O) groups excluding carboxylic acids is 1. The summed E-state index contributed by atoms with van der Waals surface area (Å²) >= 11 is 0. The van der Waals surface area contributed by atoms with Gasteiger partial charge < -0.3 is 4.74 Å². The molecule has 2 nitrogen and oxygen atoms in total. The van der Waals surface area contributed by atoms with Crippen LogP contribution in [0.25, 0.3) is 0 Å². The van der Waals surface area contributed by atoms with Gasteiger partial charge in [0.1, 0.15) is 0 Å². The number of rotatable bonds is 6. The second kappa shape index (κ2) is 7.15. The zero-order valence-electron chi connectivity index (χ0n) is 16.1. The molecule has 0 bridgehead atoms. The minimum absolute atomic E-state index is 0.0341. The number of carbonyl (C=O) groups is 1. The molecule has 0 amide bonds. The molecule has 0 aromatic rings. The van der Waals surface area contributed by atoms with E-state index in [2.05, 4.69) is 69.2 Å². The Labute approximate surface area is 133 Å². The van der Waals surface area contributed by atoms with Crippen molar-refractivity contribution in [2.45, 2.75) is 82.1 Å². The van der Waals surface area contributed by atoms with Gasteiger partial charge in [-0.25, -0.2) is 0 Å². The average molecular weight is 299 g/mol. The second-order valence-corrected chi connectivity index (χ2v) is 9.78. The third-order valence-electron chi connectivity index (χ3n) is 4.10. The van der Waals surface area contributed by atoms with Crippen molar-refractivity contribution in [1.29, 1.82) is 0 Å². The van der Waals surface area contributed by atoms with E-state index in [1.807, 2.05) is 0 Å². The van der Waals surface area contributed by atoms with E-state index in [1.54, 1.807) is 0 Å². The van der Waals surface area contributed by atoms with Crippen LogP contribution in [0.5, 0.6) is 0 Å². The third kappa shape index (κ3) is 7.87. The fraction of sp³-hybridized carbons (Fsp3) is 0.947. The van der Waals surface area contributed by atoms with E-state index in [9.17, 15) is 4.79 Å². The van der Waals surface area contributed by atoms with Crippen LogP contribution in [0.2, 0.25) is 0 Å². The molecule has 0 aliphatic carbocycles. The number of hydrogen-bond donors (Lipinski definition) is 0. The van der Waals surface area contributed by atoms with Crippen molar-refractivity contribution in [1.82, 2.24) is 0 Å². The largest absolute Gasteiger partial charge is 0.465 e. The van der Waals surface area contributed by atoms with Crippen molar-refractivity contribution in [3.05, 3.63) is 0 Å². The van der Waals surface area contributed by atoms with Gasteiger partial charge >= 0.3 is 5.97 Å². The lowest BCUT2D eigenvalue weighted by atomic mass is 9.69. The van der Waals surface area contributed by atoms with Gasteiger partial charge in [-0.2, -0.15) is 0 Å². The zero-order valence-corrected chi connectivity index (χ0v) is 16.1. The van der Waals surface area contributed by atoms with Crippen LogP contribution >= 0.6 is 0 Å². The second-order valence-electron chi connectivity index (χ2n) is 9.78. The van der Waals surface area contributed by atoms with Crippen LogP contribution in [0.1, 0.15) is 82.1 Å². The molecule has 0 heterocycles. The van der Waals surface area contributed by atoms with Gasteiger partial charge in [-0.05, 0) is 42.4 Å². The Balaban J connectivity index is 4.72. The highest BCUT2D eigenvalue weighted by atomic mass is 16.5. The summed E-state index contributed by atoms with van der Waals surface area (Å²) in [6.07, 6.45) is 1.92. The van der Waals surface area contributed by atoms with Crippen LogP contribution in [0.3, 0.4) is 0 Å². The minimum Gasteiger partial charge on any atom is -0.465 e. The first-order valence-electron chi connectivity index (χ1n) is 8.34. The molecule has 2 unspecified atom stereocenters. The molecule has 0 saturated heterocycles. The SMILES string of the molecule is CC(COC(=O)C(C)(CC(C)(C)C)C(C)C)CC(C)(C)C. The average Bonchev–Trinajstić information content (AvgIpc) is 2.20. The Morgan fingerprint density at radius 1 is 0.905 bits per heavy atom. The van der Waals surface area contributed by atoms with Gasteiger partial charge in [0, 0.05) is 0 Å². The topological polar surface area (TPSA) is 26.3 Å². The van der Waals surface area contributed by atoms with Crippen LogP contribution in [0.4, 0.5) is 0 Å². The summed E-state index contributed by atoms with van der Waals surface area (Å²) in [4.78, 5) is 12.6. The monoisotopic (exact) mass is 298 g/mol. The molecule has 0 radical (unpaired) electrons. The molecule has 0 N–H and O–H groups in total. The molecule has 0 rings (SSSR count). The highest BCUT2D eigenvalue weighted by molar-refractivity contribution is 5.76. The van der Waals surface area contributed by atoms with E-state index >= 15 is 0 Å². The predicted octanol–water partition coefficient (Wildman–Crippen LogP) is 5.70. The summed E-state index contributed by atoms with van der Waals surface area (Å²) in [6.45, 7) is 22.2. The first-order chi connectivity index (χ1) is 9.17. The van der Waals surface area contributed by atoms with Crippen molar-refractivity contribution in [2.24, 2.45) is 28.1 Å². The van der Waals surface area contributed by atoms with Crippen LogP contribution in [-0.2, 0) is 9.53 Å². The van der Waals surface area contributed by atoms with Gasteiger partial charge in [0.25, 0.3) is 0 Å². The lowest BCUT2D eigenvalue weighted by Gasteiger charge is -2.37. The Morgan fingerprint density at radius 2 is 1.38 bits per heavy atom. The summed E-state index contributed by atoms with van der Waals surface area (Å²) in [7, 11) is 0. The molecule has 2 atom stereocenters. The molecule has 21 heavy (non-hydrogen) atoms. The van der Waals surface area contributed by atoms with E-state index < -0.39 is 5.41 Å². The third-order valence-corrected chi connectivity index (χ3v) is 4.10. The number of ether oxygens (including phenoxy) is 1. The quantitative estimate of drug-likeness (QED) is 0.588. The maximum atomic E-state index is 12.6. The minimum atomic E-state index is -0.403. The van der Waals surface area contributed by atoms with Crippen LogP contribution in [-0.4, -0.2) is 12.6 Å². The van der Waals surface area contributed by atoms with Crippen molar-refractivity contribution >= 4 is 5.97 Å². The Bertz CT molecular complexity index is 330. The Morgan fingerprint density at radius 3 is 1.71 bits per heavy atom. The Hall–Kier alpha value is -0.530. The van der Waals surface area contributed by atoms with Gasteiger partial charge in [0.2, 0.25) is 0 Å². The first-order valence-corrected chi connectivity index (χ1v) is 8.34. The molecule has 2 heteroatoms. The van der Waals surface area contributed by atoms with Gasteiger partial charge in [0.15, 0.2) is 0 Å². The van der Waals surface area contributed by atoms with Crippen LogP contribution < -0.4 is 0 Å². The Kier molecular flexibility index (Phi) is 6.97. The van der Waals surface area contributed by atoms with Crippen LogP contribution in [0, 0.1) is 28.1 Å². The van der Waals surface area contributed by atoms with Crippen molar-refractivity contribution in [2.75, 3.05) is 6.61 Å². The van der Waals surface area contributed by atoms with E-state index in [-0.39, 0.29) is 22.7 Å². The first kappa shape index (κ1) is 20.5. The van der Waals surface area contributed by atoms with Crippen molar-refractivity contribution in [3.8, 4) is 0 Å². The van der Waals surface area contributed by atoms with Gasteiger partial charge in [0.05, 0.1) is 12.0 Å². The summed E-state index contributed by atoms with van der Waals surface area (Å²) in [5.74, 6) is 0.648. The molecule has 0 aromatic heterocycles. The fourth-order valence-electron chi connectivity index (χ4n) is 3.10. The smallest absolute Gasteiger partial charge is 0.312 e. The highest BCUT2D eigenvalue weighted by Crippen LogP contribution is 2.40. The summed E-state index contributed by atoms with van der Waals surface area (Å²) in [6, 6.07) is 0. The lowest BCUT2D eigenvalue weighted by Crippen LogP contribution is -2.39. The maximum Gasteiger partial charge on any atom is 0.312 e. The highest BCUT2D eigenvalue weighted by Gasteiger charge is 2.41. The van der Waals surface area contributed by atoms with E-state index in [1.165, 1.54) is 0 Å². The normalized spacial score (nSPS) is 17.5. The summed E-state index contributed by atoms with van der Waals surface area (Å²) in [5, 5.41) is 0. The summed E-state index contributed by atoms with van der Waals surface area (Å²) < 4.78 is 5.68. The van der Waals surface area contributed by atoms with Gasteiger partial charge in [-0.3, -0.25) is 4.79 Å². The fourth-order valence-corrected chi connectivity index (χ4v) is 3.10. The molecule has 0 aromatic carbocycles. The molecule has 0 spiro atoms. The summed E-state index contributed by atoms with van der Waals surface area (Å²) in [5.41, 5.74) is -0.00659. The molecule has 0 saturated carbocycles. The molecule has 0 fully saturated rings. The zero-order chi connectivity index (χ0) is 17.1. The molecular weight excluding hydrogens is 260 g/mol. The maximum absolute atomic E-state index is 12.6. The van der Waals surface area contributed by atoms with Crippen molar-refractivity contribution < 1.29 is 9.53 Å². The predicted molar refractivity (Wildman–Crippen MR) is 91.2 cm³/mol. The molecule has 0 aliphatic heterocycles. The van der Waals surface area contributed by atoms with Crippen molar-refractivity contribution in [3.63, 3.8) is 0 Å². The molecule has 0 aliphatic rings. The van der Waals surface area contributed by atoms with E-state index in [4.69, 9.17) is 4.74 Å². The van der Waals surface area contributed by atoms with E-state index in [0.717, 1.165) is 12.8 Å². The number of hydrogen-bond acceptors (Lipinski definition) is 2. The standard InChI is InChI=1S/C19H38O2/c1-14(2)19(10,13-18(7,8)9)16(20)21-12-15(3)11-17(4,5)6/h14-15H,11-13H2,1-10H3. The van der Waals surface area contributed by atoms with Crippen LogP contribution in [0.15, 0.2) is 0 Å². The van der Waals surface area contributed by atoms with Gasteiger partial charge in [-0.1, -0.05) is 62.3 Å². The molecule has 126 valence electrons. The van der Waals surface area contributed by atoms with Gasteiger partial charge in [-0.15, -0.1) is 0 Å².